The van der Waals surface area contributed by atoms with E-state index in [2.05, 4.69) is 5.32 Å². The summed E-state index contributed by atoms with van der Waals surface area (Å²) in [5.41, 5.74) is 0.781. The fraction of sp³-hybridized carbons (Fsp3) is 0.588. The van der Waals surface area contributed by atoms with Crippen molar-refractivity contribution in [1.29, 1.82) is 0 Å². The second-order valence-corrected chi connectivity index (χ2v) is 8.51. The molecule has 1 N–H and O–H groups in total. The third-order valence-electron chi connectivity index (χ3n) is 4.83. The number of amides is 1. The average Bonchev–Trinajstić information content (AvgIpc) is 3.02. The molecule has 2 heterocycles. The zero-order valence-corrected chi connectivity index (χ0v) is 14.9. The molecule has 3 rings (SSSR count). The molecule has 2 aliphatic heterocycles. The summed E-state index contributed by atoms with van der Waals surface area (Å²) in [6.07, 6.45) is 3.38. The molecule has 132 valence electrons. The number of anilines is 1. The molecule has 0 aromatic heterocycles. The SMILES string of the molecule is CNCC1CCCN(S(=O)(=O)c2ccc(N3CCCC3=O)cc2)C1. The number of carbonyl (C=O) groups is 1. The lowest BCUT2D eigenvalue weighted by Gasteiger charge is -2.32. The average molecular weight is 351 g/mol. The van der Waals surface area contributed by atoms with Gasteiger partial charge in [0.15, 0.2) is 0 Å². The summed E-state index contributed by atoms with van der Waals surface area (Å²) in [7, 11) is -1.57. The van der Waals surface area contributed by atoms with Crippen molar-refractivity contribution >= 4 is 21.6 Å². The molecule has 2 saturated heterocycles. The van der Waals surface area contributed by atoms with Crippen LogP contribution in [-0.2, 0) is 14.8 Å². The summed E-state index contributed by atoms with van der Waals surface area (Å²) < 4.78 is 27.3. The first-order chi connectivity index (χ1) is 11.5. The van der Waals surface area contributed by atoms with Crippen LogP contribution < -0.4 is 10.2 Å². The Labute approximate surface area is 143 Å². The smallest absolute Gasteiger partial charge is 0.243 e. The van der Waals surface area contributed by atoms with Gasteiger partial charge in [-0.2, -0.15) is 4.31 Å². The molecule has 0 saturated carbocycles. The molecule has 7 heteroatoms. The van der Waals surface area contributed by atoms with Crippen LogP contribution in [0.2, 0.25) is 0 Å². The first-order valence-electron chi connectivity index (χ1n) is 8.57. The van der Waals surface area contributed by atoms with E-state index < -0.39 is 10.0 Å². The molecule has 0 bridgehead atoms. The lowest BCUT2D eigenvalue weighted by molar-refractivity contribution is -0.117. The number of carbonyl (C=O) groups excluding carboxylic acids is 1. The molecule has 2 aliphatic rings. The van der Waals surface area contributed by atoms with Gasteiger partial charge < -0.3 is 10.2 Å². The molecular formula is C17H25N3O3S. The van der Waals surface area contributed by atoms with E-state index in [0.717, 1.165) is 31.5 Å². The Morgan fingerprint density at radius 3 is 2.54 bits per heavy atom. The number of rotatable bonds is 5. The highest BCUT2D eigenvalue weighted by Crippen LogP contribution is 2.26. The van der Waals surface area contributed by atoms with Crippen LogP contribution in [0.5, 0.6) is 0 Å². The van der Waals surface area contributed by atoms with Gasteiger partial charge in [0.05, 0.1) is 4.90 Å². The predicted octanol–water partition coefficient (Wildman–Crippen LogP) is 1.43. The number of hydrogen-bond acceptors (Lipinski definition) is 4. The van der Waals surface area contributed by atoms with Crippen molar-refractivity contribution in [3.05, 3.63) is 24.3 Å². The van der Waals surface area contributed by atoms with E-state index in [4.69, 9.17) is 0 Å². The molecule has 1 atom stereocenters. The van der Waals surface area contributed by atoms with E-state index in [0.29, 0.717) is 36.9 Å². The molecule has 1 unspecified atom stereocenters. The lowest BCUT2D eigenvalue weighted by Crippen LogP contribution is -2.42. The third-order valence-corrected chi connectivity index (χ3v) is 6.71. The lowest BCUT2D eigenvalue weighted by atomic mass is 10.00. The van der Waals surface area contributed by atoms with E-state index >= 15 is 0 Å². The fourth-order valence-electron chi connectivity index (χ4n) is 3.57. The number of hydrogen-bond donors (Lipinski definition) is 1. The highest BCUT2D eigenvalue weighted by molar-refractivity contribution is 7.89. The monoisotopic (exact) mass is 351 g/mol. The number of nitrogens with zero attached hydrogens (tertiary/aromatic N) is 2. The number of benzene rings is 1. The Morgan fingerprint density at radius 1 is 1.17 bits per heavy atom. The van der Waals surface area contributed by atoms with Crippen molar-refractivity contribution in [2.75, 3.05) is 38.1 Å². The molecule has 0 aliphatic carbocycles. The van der Waals surface area contributed by atoms with Crippen LogP contribution in [-0.4, -0.2) is 51.9 Å². The summed E-state index contributed by atoms with van der Waals surface area (Å²) in [5, 5.41) is 3.13. The van der Waals surface area contributed by atoms with E-state index in [1.54, 1.807) is 33.5 Å². The standard InChI is InChI=1S/C17H25N3O3S/c1-18-12-14-4-2-10-19(13-14)24(22,23)16-8-6-15(7-9-16)20-11-3-5-17(20)21/h6-9,14,18H,2-5,10-13H2,1H3. The van der Waals surface area contributed by atoms with E-state index in [-0.39, 0.29) is 5.91 Å². The highest BCUT2D eigenvalue weighted by atomic mass is 32.2. The summed E-state index contributed by atoms with van der Waals surface area (Å²) >= 11 is 0. The van der Waals surface area contributed by atoms with Crippen molar-refractivity contribution < 1.29 is 13.2 Å². The van der Waals surface area contributed by atoms with E-state index in [1.807, 2.05) is 7.05 Å². The van der Waals surface area contributed by atoms with Gasteiger partial charge in [0, 0.05) is 31.7 Å². The van der Waals surface area contributed by atoms with Crippen molar-refractivity contribution in [3.63, 3.8) is 0 Å². The van der Waals surface area contributed by atoms with Crippen LogP contribution in [0.4, 0.5) is 5.69 Å². The maximum atomic E-state index is 12.9. The predicted molar refractivity (Wildman–Crippen MR) is 93.4 cm³/mol. The molecule has 2 fully saturated rings. The molecule has 1 aromatic rings. The van der Waals surface area contributed by atoms with Crippen LogP contribution in [0.1, 0.15) is 25.7 Å². The van der Waals surface area contributed by atoms with Gasteiger partial charge in [-0.1, -0.05) is 0 Å². The molecule has 1 amide bonds. The second kappa shape index (κ2) is 7.21. The maximum Gasteiger partial charge on any atom is 0.243 e. The van der Waals surface area contributed by atoms with Crippen LogP contribution in [0.15, 0.2) is 29.2 Å². The Hall–Kier alpha value is -1.44. The van der Waals surface area contributed by atoms with Crippen molar-refractivity contribution in [2.45, 2.75) is 30.6 Å². The molecule has 1 aromatic carbocycles. The number of sulfonamides is 1. The van der Waals surface area contributed by atoms with Crippen molar-refractivity contribution in [3.8, 4) is 0 Å². The van der Waals surface area contributed by atoms with Gasteiger partial charge in [0.2, 0.25) is 15.9 Å². The van der Waals surface area contributed by atoms with Crippen LogP contribution >= 0.6 is 0 Å². The van der Waals surface area contributed by atoms with E-state index in [1.165, 1.54) is 0 Å². The Balaban J connectivity index is 1.76. The molecule has 24 heavy (non-hydrogen) atoms. The van der Waals surface area contributed by atoms with Crippen LogP contribution in [0, 0.1) is 5.92 Å². The Kier molecular flexibility index (Phi) is 5.22. The minimum absolute atomic E-state index is 0.108. The first kappa shape index (κ1) is 17.4. The first-order valence-corrected chi connectivity index (χ1v) is 10.0. The molecule has 0 radical (unpaired) electrons. The molecule has 6 nitrogen and oxygen atoms in total. The Morgan fingerprint density at radius 2 is 1.92 bits per heavy atom. The number of piperidine rings is 1. The zero-order chi connectivity index (χ0) is 17.2. The Bertz CT molecular complexity index is 686. The topological polar surface area (TPSA) is 69.7 Å². The quantitative estimate of drug-likeness (QED) is 0.871. The minimum Gasteiger partial charge on any atom is -0.319 e. The number of nitrogens with one attached hydrogen (secondary N) is 1. The van der Waals surface area contributed by atoms with Gasteiger partial charge in [-0.25, -0.2) is 8.42 Å². The highest BCUT2D eigenvalue weighted by Gasteiger charge is 2.30. The van der Waals surface area contributed by atoms with Gasteiger partial charge >= 0.3 is 0 Å². The van der Waals surface area contributed by atoms with Gasteiger partial charge in [-0.05, 0) is 63.0 Å². The molecular weight excluding hydrogens is 326 g/mol. The normalized spacial score (nSPS) is 23.0. The van der Waals surface area contributed by atoms with E-state index in [9.17, 15) is 13.2 Å². The van der Waals surface area contributed by atoms with Crippen LogP contribution in [0.3, 0.4) is 0 Å². The summed E-state index contributed by atoms with van der Waals surface area (Å²) in [4.78, 5) is 13.8. The zero-order valence-electron chi connectivity index (χ0n) is 14.1. The summed E-state index contributed by atoms with van der Waals surface area (Å²) in [6.45, 7) is 2.69. The van der Waals surface area contributed by atoms with Crippen molar-refractivity contribution in [1.82, 2.24) is 9.62 Å². The van der Waals surface area contributed by atoms with Crippen molar-refractivity contribution in [2.24, 2.45) is 5.92 Å². The van der Waals surface area contributed by atoms with Gasteiger partial charge in [-0.15, -0.1) is 0 Å². The minimum atomic E-state index is -3.46. The van der Waals surface area contributed by atoms with Crippen LogP contribution in [0.25, 0.3) is 0 Å². The fourth-order valence-corrected chi connectivity index (χ4v) is 5.12. The second-order valence-electron chi connectivity index (χ2n) is 6.57. The maximum absolute atomic E-state index is 12.9. The largest absolute Gasteiger partial charge is 0.319 e. The van der Waals surface area contributed by atoms with Gasteiger partial charge in [-0.3, -0.25) is 4.79 Å². The summed E-state index contributed by atoms with van der Waals surface area (Å²) in [6, 6.07) is 6.73. The van der Waals surface area contributed by atoms with Gasteiger partial charge in [0.1, 0.15) is 0 Å². The third kappa shape index (κ3) is 3.48. The summed E-state index contributed by atoms with van der Waals surface area (Å²) in [5.74, 6) is 0.469. The molecule has 0 spiro atoms. The van der Waals surface area contributed by atoms with Gasteiger partial charge in [0.25, 0.3) is 0 Å².